The van der Waals surface area contributed by atoms with Crippen molar-refractivity contribution < 1.29 is 4.74 Å². The predicted octanol–water partition coefficient (Wildman–Crippen LogP) is 3.38. The third kappa shape index (κ3) is 3.22. The van der Waals surface area contributed by atoms with Gasteiger partial charge in [0.25, 0.3) is 0 Å². The lowest BCUT2D eigenvalue weighted by Gasteiger charge is -2.28. The van der Waals surface area contributed by atoms with Gasteiger partial charge in [-0.2, -0.15) is 0 Å². The first-order valence-electron chi connectivity index (χ1n) is 7.12. The fraction of sp³-hybridized carbons (Fsp3) is 0.667. The molecule has 1 fully saturated rings. The molecule has 1 aromatic rings. The number of hydrogen-bond donors (Lipinski definition) is 1. The van der Waals surface area contributed by atoms with E-state index in [1.54, 1.807) is 6.20 Å². The van der Waals surface area contributed by atoms with Crippen LogP contribution in [0.4, 0.5) is 0 Å². The SMILES string of the molecule is CCCOc1cncc(C2(N)CCCCCC2)c1. The lowest BCUT2D eigenvalue weighted by molar-refractivity contribution is 0.313. The van der Waals surface area contributed by atoms with Gasteiger partial charge in [-0.1, -0.05) is 32.6 Å². The molecule has 0 unspecified atom stereocenters. The van der Waals surface area contributed by atoms with Crippen molar-refractivity contribution in [1.82, 2.24) is 4.98 Å². The van der Waals surface area contributed by atoms with Crippen LogP contribution in [0.1, 0.15) is 57.4 Å². The lowest BCUT2D eigenvalue weighted by Crippen LogP contribution is -2.36. The monoisotopic (exact) mass is 248 g/mol. The quantitative estimate of drug-likeness (QED) is 0.831. The maximum Gasteiger partial charge on any atom is 0.137 e. The van der Waals surface area contributed by atoms with E-state index in [1.807, 2.05) is 6.20 Å². The molecule has 18 heavy (non-hydrogen) atoms. The first-order valence-corrected chi connectivity index (χ1v) is 7.12. The van der Waals surface area contributed by atoms with E-state index in [0.29, 0.717) is 0 Å². The first-order chi connectivity index (χ1) is 8.74. The van der Waals surface area contributed by atoms with Crippen molar-refractivity contribution in [3.05, 3.63) is 24.0 Å². The summed E-state index contributed by atoms with van der Waals surface area (Å²) in [7, 11) is 0. The second-order valence-corrected chi connectivity index (χ2v) is 5.33. The summed E-state index contributed by atoms with van der Waals surface area (Å²) in [5, 5.41) is 0. The summed E-state index contributed by atoms with van der Waals surface area (Å²) in [6, 6.07) is 2.08. The molecular weight excluding hydrogens is 224 g/mol. The van der Waals surface area contributed by atoms with Crippen LogP contribution in [0, 0.1) is 0 Å². The Morgan fingerprint density at radius 1 is 1.22 bits per heavy atom. The highest BCUT2D eigenvalue weighted by atomic mass is 16.5. The molecule has 2 rings (SSSR count). The Balaban J connectivity index is 2.15. The number of aromatic nitrogens is 1. The highest BCUT2D eigenvalue weighted by Crippen LogP contribution is 2.34. The summed E-state index contributed by atoms with van der Waals surface area (Å²) < 4.78 is 5.64. The van der Waals surface area contributed by atoms with Gasteiger partial charge < -0.3 is 10.5 Å². The Morgan fingerprint density at radius 3 is 2.61 bits per heavy atom. The lowest BCUT2D eigenvalue weighted by atomic mass is 9.85. The molecule has 0 radical (unpaired) electrons. The fourth-order valence-corrected chi connectivity index (χ4v) is 2.64. The second-order valence-electron chi connectivity index (χ2n) is 5.33. The van der Waals surface area contributed by atoms with E-state index >= 15 is 0 Å². The van der Waals surface area contributed by atoms with Crippen molar-refractivity contribution in [3.63, 3.8) is 0 Å². The molecular formula is C15H24N2O. The molecule has 0 aromatic carbocycles. The van der Waals surface area contributed by atoms with Crippen molar-refractivity contribution in [2.24, 2.45) is 5.73 Å². The average molecular weight is 248 g/mol. The molecule has 1 aromatic heterocycles. The summed E-state index contributed by atoms with van der Waals surface area (Å²) >= 11 is 0. The summed E-state index contributed by atoms with van der Waals surface area (Å²) in [6.45, 7) is 2.84. The van der Waals surface area contributed by atoms with E-state index < -0.39 is 0 Å². The molecule has 0 atom stereocenters. The topological polar surface area (TPSA) is 48.1 Å². The number of nitrogens with two attached hydrogens (primary N) is 1. The molecule has 0 saturated heterocycles. The van der Waals surface area contributed by atoms with Crippen LogP contribution in [0.15, 0.2) is 18.5 Å². The van der Waals surface area contributed by atoms with E-state index in [1.165, 1.54) is 25.7 Å². The van der Waals surface area contributed by atoms with Crippen molar-refractivity contribution in [2.75, 3.05) is 6.61 Å². The Hall–Kier alpha value is -1.09. The van der Waals surface area contributed by atoms with E-state index in [2.05, 4.69) is 18.0 Å². The molecule has 0 bridgehead atoms. The van der Waals surface area contributed by atoms with Gasteiger partial charge in [0.15, 0.2) is 0 Å². The van der Waals surface area contributed by atoms with Gasteiger partial charge in [-0.05, 0) is 30.9 Å². The molecule has 2 N–H and O–H groups in total. The standard InChI is InChI=1S/C15H24N2O/c1-2-9-18-14-10-13(11-17-12-14)15(16)7-5-3-4-6-8-15/h10-12H,2-9,16H2,1H3. The number of nitrogens with zero attached hydrogens (tertiary/aromatic N) is 1. The number of hydrogen-bond acceptors (Lipinski definition) is 3. The van der Waals surface area contributed by atoms with Crippen LogP contribution in [-0.2, 0) is 5.54 Å². The van der Waals surface area contributed by atoms with Gasteiger partial charge in [0.05, 0.1) is 12.8 Å². The predicted molar refractivity (Wildman–Crippen MR) is 73.6 cm³/mol. The Kier molecular flexibility index (Phi) is 4.59. The number of pyridine rings is 1. The van der Waals surface area contributed by atoms with Crippen molar-refractivity contribution in [3.8, 4) is 5.75 Å². The van der Waals surface area contributed by atoms with Gasteiger partial charge in [-0.3, -0.25) is 4.98 Å². The minimum absolute atomic E-state index is 0.199. The van der Waals surface area contributed by atoms with E-state index in [4.69, 9.17) is 10.5 Å². The molecule has 1 heterocycles. The summed E-state index contributed by atoms with van der Waals surface area (Å²) in [5.74, 6) is 0.850. The maximum atomic E-state index is 6.58. The first kappa shape index (κ1) is 13.3. The molecule has 0 spiro atoms. The van der Waals surface area contributed by atoms with Crippen molar-refractivity contribution >= 4 is 0 Å². The summed E-state index contributed by atoms with van der Waals surface area (Å²) in [4.78, 5) is 4.28. The van der Waals surface area contributed by atoms with Gasteiger partial charge in [-0.25, -0.2) is 0 Å². The normalized spacial score (nSPS) is 19.2. The molecule has 3 nitrogen and oxygen atoms in total. The number of rotatable bonds is 4. The zero-order valence-corrected chi connectivity index (χ0v) is 11.3. The minimum Gasteiger partial charge on any atom is -0.492 e. The van der Waals surface area contributed by atoms with Crippen LogP contribution >= 0.6 is 0 Å². The number of ether oxygens (including phenoxy) is 1. The Labute approximate surface area is 110 Å². The van der Waals surface area contributed by atoms with E-state index in [9.17, 15) is 0 Å². The van der Waals surface area contributed by atoms with Crippen LogP contribution in [0.25, 0.3) is 0 Å². The third-order valence-electron chi connectivity index (χ3n) is 3.76. The molecule has 0 aliphatic heterocycles. The second kappa shape index (κ2) is 6.19. The van der Waals surface area contributed by atoms with Crippen LogP contribution in [0.2, 0.25) is 0 Å². The summed E-state index contributed by atoms with van der Waals surface area (Å²) in [6.07, 6.45) is 11.9. The molecule has 1 aliphatic carbocycles. The average Bonchev–Trinajstić information content (AvgIpc) is 2.63. The van der Waals surface area contributed by atoms with Gasteiger partial charge >= 0.3 is 0 Å². The zero-order valence-electron chi connectivity index (χ0n) is 11.3. The molecule has 1 aliphatic rings. The highest BCUT2D eigenvalue weighted by molar-refractivity contribution is 5.29. The van der Waals surface area contributed by atoms with Gasteiger partial charge in [0.2, 0.25) is 0 Å². The molecule has 100 valence electrons. The zero-order chi connectivity index (χ0) is 12.8. The van der Waals surface area contributed by atoms with Crippen molar-refractivity contribution in [1.29, 1.82) is 0 Å². The largest absolute Gasteiger partial charge is 0.492 e. The van der Waals surface area contributed by atoms with E-state index in [-0.39, 0.29) is 5.54 Å². The van der Waals surface area contributed by atoms with Gasteiger partial charge in [0.1, 0.15) is 5.75 Å². The van der Waals surface area contributed by atoms with E-state index in [0.717, 1.165) is 37.2 Å². The third-order valence-corrected chi connectivity index (χ3v) is 3.76. The maximum absolute atomic E-state index is 6.58. The Morgan fingerprint density at radius 2 is 1.94 bits per heavy atom. The van der Waals surface area contributed by atoms with Gasteiger partial charge in [-0.15, -0.1) is 0 Å². The van der Waals surface area contributed by atoms with Crippen LogP contribution < -0.4 is 10.5 Å². The Bertz CT molecular complexity index is 371. The fourth-order valence-electron chi connectivity index (χ4n) is 2.64. The van der Waals surface area contributed by atoms with Crippen LogP contribution in [0.3, 0.4) is 0 Å². The van der Waals surface area contributed by atoms with Crippen LogP contribution in [0.5, 0.6) is 5.75 Å². The van der Waals surface area contributed by atoms with Gasteiger partial charge in [0, 0.05) is 11.7 Å². The molecule has 3 heteroatoms. The van der Waals surface area contributed by atoms with Crippen LogP contribution in [-0.4, -0.2) is 11.6 Å². The molecule has 1 saturated carbocycles. The minimum atomic E-state index is -0.199. The smallest absolute Gasteiger partial charge is 0.137 e. The highest BCUT2D eigenvalue weighted by Gasteiger charge is 2.28. The molecule has 0 amide bonds. The summed E-state index contributed by atoms with van der Waals surface area (Å²) in [5.41, 5.74) is 7.52. The van der Waals surface area contributed by atoms with Crippen molar-refractivity contribution in [2.45, 2.75) is 57.4 Å².